The van der Waals surface area contributed by atoms with E-state index in [9.17, 15) is 4.79 Å². The van der Waals surface area contributed by atoms with Crippen molar-refractivity contribution in [1.82, 2.24) is 15.2 Å². The molecular weight excluding hydrogens is 328 g/mol. The van der Waals surface area contributed by atoms with Crippen LogP contribution in [-0.2, 0) is 11.2 Å². The monoisotopic (exact) mass is 344 g/mol. The molecule has 2 heterocycles. The predicted octanol–water partition coefficient (Wildman–Crippen LogP) is 3.77. The van der Waals surface area contributed by atoms with Gasteiger partial charge in [0.25, 0.3) is 0 Å². The van der Waals surface area contributed by atoms with Crippen molar-refractivity contribution in [3.8, 4) is 10.6 Å². The number of nitrogens with one attached hydrogen (secondary N) is 1. The maximum absolute atomic E-state index is 12.0. The average Bonchev–Trinajstić information content (AvgIpc) is 3.08. The lowest BCUT2D eigenvalue weighted by Crippen LogP contribution is -2.14. The quantitative estimate of drug-likeness (QED) is 0.782. The van der Waals surface area contributed by atoms with Gasteiger partial charge in [-0.3, -0.25) is 4.79 Å². The van der Waals surface area contributed by atoms with Gasteiger partial charge in [-0.25, -0.2) is 4.98 Å². The van der Waals surface area contributed by atoms with Crippen molar-refractivity contribution in [2.75, 3.05) is 5.32 Å². The first-order valence-electron chi connectivity index (χ1n) is 7.13. The molecule has 0 aliphatic heterocycles. The minimum absolute atomic E-state index is 0.126. The summed E-state index contributed by atoms with van der Waals surface area (Å²) in [4.78, 5) is 16.3. The van der Waals surface area contributed by atoms with E-state index in [-0.39, 0.29) is 12.3 Å². The lowest BCUT2D eigenvalue weighted by molar-refractivity contribution is -0.115. The third-order valence-electron chi connectivity index (χ3n) is 3.29. The number of anilines is 1. The molecule has 0 atom stereocenters. The summed E-state index contributed by atoms with van der Waals surface area (Å²) >= 11 is 2.92. The lowest BCUT2D eigenvalue weighted by Gasteiger charge is -2.02. The van der Waals surface area contributed by atoms with E-state index >= 15 is 0 Å². The van der Waals surface area contributed by atoms with E-state index in [4.69, 9.17) is 0 Å². The van der Waals surface area contributed by atoms with Gasteiger partial charge < -0.3 is 5.32 Å². The number of hydrogen-bond donors (Lipinski definition) is 1. The SMILES string of the molecule is Cc1ccc(-c2nnc(NC(=O)Cc3csc(C)n3)s2)c(C)c1. The second-order valence-electron chi connectivity index (χ2n) is 5.31. The van der Waals surface area contributed by atoms with Crippen molar-refractivity contribution in [1.29, 1.82) is 0 Å². The van der Waals surface area contributed by atoms with Gasteiger partial charge in [-0.1, -0.05) is 35.1 Å². The van der Waals surface area contributed by atoms with Crippen molar-refractivity contribution in [2.45, 2.75) is 27.2 Å². The van der Waals surface area contributed by atoms with Crippen LogP contribution in [0.2, 0.25) is 0 Å². The number of aryl methyl sites for hydroxylation is 3. The van der Waals surface area contributed by atoms with E-state index in [1.54, 1.807) is 11.3 Å². The van der Waals surface area contributed by atoms with Crippen LogP contribution in [0.5, 0.6) is 0 Å². The molecule has 3 rings (SSSR count). The van der Waals surface area contributed by atoms with Gasteiger partial charge in [-0.05, 0) is 26.3 Å². The standard InChI is InChI=1S/C16H16N4OS2/c1-9-4-5-13(10(2)6-9)15-19-20-16(23-15)18-14(21)7-12-8-22-11(3)17-12/h4-6,8H,7H2,1-3H3,(H,18,20,21). The summed E-state index contributed by atoms with van der Waals surface area (Å²) in [7, 11) is 0. The minimum Gasteiger partial charge on any atom is -0.300 e. The zero-order valence-corrected chi connectivity index (χ0v) is 14.7. The highest BCUT2D eigenvalue weighted by molar-refractivity contribution is 7.18. The van der Waals surface area contributed by atoms with Gasteiger partial charge in [-0.15, -0.1) is 21.5 Å². The number of aromatic nitrogens is 3. The minimum atomic E-state index is -0.126. The van der Waals surface area contributed by atoms with Crippen LogP contribution in [0.1, 0.15) is 21.8 Å². The molecule has 0 aliphatic carbocycles. The van der Waals surface area contributed by atoms with E-state index < -0.39 is 0 Å². The lowest BCUT2D eigenvalue weighted by atomic mass is 10.1. The highest BCUT2D eigenvalue weighted by atomic mass is 32.1. The van der Waals surface area contributed by atoms with E-state index in [0.29, 0.717) is 5.13 Å². The first kappa shape index (κ1) is 15.8. The van der Waals surface area contributed by atoms with E-state index in [0.717, 1.165) is 26.8 Å². The molecule has 0 saturated heterocycles. The van der Waals surface area contributed by atoms with Crippen LogP contribution in [0.3, 0.4) is 0 Å². The summed E-state index contributed by atoms with van der Waals surface area (Å²) in [5, 5.41) is 15.2. The number of hydrogen-bond acceptors (Lipinski definition) is 6. The van der Waals surface area contributed by atoms with Gasteiger partial charge in [0.05, 0.1) is 17.1 Å². The van der Waals surface area contributed by atoms with E-state index in [2.05, 4.69) is 33.5 Å². The van der Waals surface area contributed by atoms with Crippen molar-refractivity contribution in [3.05, 3.63) is 45.4 Å². The maximum atomic E-state index is 12.0. The first-order chi connectivity index (χ1) is 11.0. The van der Waals surface area contributed by atoms with Crippen LogP contribution < -0.4 is 5.32 Å². The fourth-order valence-corrected chi connectivity index (χ4v) is 3.72. The van der Waals surface area contributed by atoms with Crippen molar-refractivity contribution >= 4 is 33.7 Å². The van der Waals surface area contributed by atoms with Gasteiger partial charge in [0.15, 0.2) is 0 Å². The Morgan fingerprint density at radius 1 is 1.22 bits per heavy atom. The molecule has 2 aromatic heterocycles. The maximum Gasteiger partial charge on any atom is 0.232 e. The van der Waals surface area contributed by atoms with Gasteiger partial charge in [-0.2, -0.15) is 0 Å². The van der Waals surface area contributed by atoms with Crippen LogP contribution in [0, 0.1) is 20.8 Å². The number of benzene rings is 1. The normalized spacial score (nSPS) is 10.7. The van der Waals surface area contributed by atoms with Gasteiger partial charge >= 0.3 is 0 Å². The number of nitrogens with zero attached hydrogens (tertiary/aromatic N) is 3. The molecule has 118 valence electrons. The fourth-order valence-electron chi connectivity index (χ4n) is 2.25. The number of carbonyl (C=O) groups is 1. The average molecular weight is 344 g/mol. The second-order valence-corrected chi connectivity index (χ2v) is 7.35. The molecule has 1 aromatic carbocycles. The van der Waals surface area contributed by atoms with Gasteiger partial charge in [0, 0.05) is 10.9 Å². The molecule has 0 saturated carbocycles. The molecule has 0 spiro atoms. The van der Waals surface area contributed by atoms with E-state index in [1.807, 2.05) is 31.4 Å². The highest BCUT2D eigenvalue weighted by Crippen LogP contribution is 2.29. The third kappa shape index (κ3) is 3.80. The molecule has 0 bridgehead atoms. The van der Waals surface area contributed by atoms with Crippen molar-refractivity contribution in [2.24, 2.45) is 0 Å². The highest BCUT2D eigenvalue weighted by Gasteiger charge is 2.12. The molecule has 23 heavy (non-hydrogen) atoms. The summed E-state index contributed by atoms with van der Waals surface area (Å²) in [6.07, 6.45) is 0.253. The van der Waals surface area contributed by atoms with Gasteiger partial charge in [0.1, 0.15) is 5.01 Å². The first-order valence-corrected chi connectivity index (χ1v) is 8.83. The van der Waals surface area contributed by atoms with Crippen LogP contribution in [-0.4, -0.2) is 21.1 Å². The largest absolute Gasteiger partial charge is 0.300 e. The van der Waals surface area contributed by atoms with Crippen LogP contribution >= 0.6 is 22.7 Å². The zero-order valence-electron chi connectivity index (χ0n) is 13.1. The Bertz CT molecular complexity index is 853. The Balaban J connectivity index is 1.70. The number of thiazole rings is 1. The smallest absolute Gasteiger partial charge is 0.232 e. The van der Waals surface area contributed by atoms with Crippen LogP contribution in [0.15, 0.2) is 23.6 Å². The second kappa shape index (κ2) is 6.55. The summed E-state index contributed by atoms with van der Waals surface area (Å²) < 4.78 is 0. The molecular formula is C16H16N4OS2. The Morgan fingerprint density at radius 3 is 2.74 bits per heavy atom. The Morgan fingerprint density at radius 2 is 2.04 bits per heavy atom. The Labute approximate surface area is 142 Å². The number of carbonyl (C=O) groups excluding carboxylic acids is 1. The molecule has 0 aliphatic rings. The fraction of sp³-hybridized carbons (Fsp3) is 0.250. The predicted molar refractivity (Wildman–Crippen MR) is 94.0 cm³/mol. The zero-order chi connectivity index (χ0) is 16.4. The molecule has 1 amide bonds. The molecule has 0 unspecified atom stereocenters. The summed E-state index contributed by atoms with van der Waals surface area (Å²) in [6, 6.07) is 6.20. The van der Waals surface area contributed by atoms with Gasteiger partial charge in [0.2, 0.25) is 11.0 Å². The third-order valence-corrected chi connectivity index (χ3v) is 4.99. The topological polar surface area (TPSA) is 67.8 Å². The summed E-state index contributed by atoms with van der Waals surface area (Å²) in [6.45, 7) is 6.03. The molecule has 7 heteroatoms. The molecule has 0 fully saturated rings. The Kier molecular flexibility index (Phi) is 4.49. The molecule has 0 radical (unpaired) electrons. The Hall–Kier alpha value is -2.12. The van der Waals surface area contributed by atoms with Crippen molar-refractivity contribution in [3.63, 3.8) is 0 Å². The molecule has 1 N–H and O–H groups in total. The van der Waals surface area contributed by atoms with Crippen LogP contribution in [0.25, 0.3) is 10.6 Å². The summed E-state index contributed by atoms with van der Waals surface area (Å²) in [5.74, 6) is -0.126. The number of rotatable bonds is 4. The number of amides is 1. The van der Waals surface area contributed by atoms with E-state index in [1.165, 1.54) is 16.9 Å². The molecule has 5 nitrogen and oxygen atoms in total. The summed E-state index contributed by atoms with van der Waals surface area (Å²) in [5.41, 5.74) is 4.19. The molecule has 3 aromatic rings. The van der Waals surface area contributed by atoms with Crippen molar-refractivity contribution < 1.29 is 4.79 Å². The van der Waals surface area contributed by atoms with Crippen LogP contribution in [0.4, 0.5) is 5.13 Å².